The molecule has 6 aliphatic rings. The Kier molecular flexibility index (Phi) is 3.47. The molecule has 0 heterocycles. The van der Waals surface area contributed by atoms with Crippen LogP contribution in [0.5, 0.6) is 0 Å². The molecule has 154 valence electrons. The Morgan fingerprint density at radius 1 is 1.14 bits per heavy atom. The number of hydrogen-bond donors (Lipinski definition) is 1. The summed E-state index contributed by atoms with van der Waals surface area (Å²) in [7, 11) is 0. The average molecular weight is 383 g/mol. The lowest BCUT2D eigenvalue weighted by Gasteiger charge is -2.60. The number of aliphatic hydroxyl groups is 1. The van der Waals surface area contributed by atoms with Crippen LogP contribution in [0.3, 0.4) is 0 Å². The zero-order valence-electron chi connectivity index (χ0n) is 18.2. The van der Waals surface area contributed by atoms with Gasteiger partial charge in [0.05, 0.1) is 5.60 Å². The average Bonchev–Trinajstić information content (AvgIpc) is 3.53. The molecule has 5 fully saturated rings. The molecule has 0 spiro atoms. The third kappa shape index (κ3) is 2.02. The Labute approximate surface area is 170 Å². The molecule has 5 saturated carbocycles. The van der Waals surface area contributed by atoms with Crippen molar-refractivity contribution >= 4 is 5.78 Å². The van der Waals surface area contributed by atoms with Crippen molar-refractivity contribution in [2.45, 2.75) is 84.7 Å². The molecule has 10 atom stereocenters. The maximum absolute atomic E-state index is 12.2. The monoisotopic (exact) mass is 382 g/mol. The molecule has 2 heteroatoms. The first-order valence-corrected chi connectivity index (χ1v) is 12.2. The van der Waals surface area contributed by atoms with Crippen molar-refractivity contribution < 1.29 is 9.90 Å². The lowest BCUT2D eigenvalue weighted by atomic mass is 9.45. The van der Waals surface area contributed by atoms with Crippen LogP contribution in [0.4, 0.5) is 0 Å². The van der Waals surface area contributed by atoms with Gasteiger partial charge in [0.25, 0.3) is 0 Å². The molecule has 0 saturated heterocycles. The van der Waals surface area contributed by atoms with Crippen LogP contribution in [0.2, 0.25) is 0 Å². The van der Waals surface area contributed by atoms with Gasteiger partial charge in [0.2, 0.25) is 0 Å². The van der Waals surface area contributed by atoms with Crippen molar-refractivity contribution in [1.82, 2.24) is 0 Å². The van der Waals surface area contributed by atoms with Gasteiger partial charge < -0.3 is 5.11 Å². The van der Waals surface area contributed by atoms with Gasteiger partial charge in [0.1, 0.15) is 0 Å². The molecule has 0 aliphatic heterocycles. The van der Waals surface area contributed by atoms with Gasteiger partial charge in [0.15, 0.2) is 5.78 Å². The molecular weight excluding hydrogens is 344 g/mol. The summed E-state index contributed by atoms with van der Waals surface area (Å²) in [5, 5.41) is 12.1. The Morgan fingerprint density at radius 2 is 1.93 bits per heavy atom. The topological polar surface area (TPSA) is 37.3 Å². The Morgan fingerprint density at radius 3 is 2.68 bits per heavy atom. The molecule has 0 aromatic carbocycles. The van der Waals surface area contributed by atoms with E-state index in [4.69, 9.17) is 0 Å². The second kappa shape index (κ2) is 5.34. The minimum Gasteiger partial charge on any atom is -0.389 e. The largest absolute Gasteiger partial charge is 0.389 e. The van der Waals surface area contributed by atoms with Crippen LogP contribution >= 0.6 is 0 Å². The zero-order valence-corrected chi connectivity index (χ0v) is 18.2. The van der Waals surface area contributed by atoms with E-state index < -0.39 is 5.60 Å². The molecule has 0 aromatic rings. The summed E-state index contributed by atoms with van der Waals surface area (Å²) < 4.78 is 0. The first-order valence-electron chi connectivity index (χ1n) is 12.2. The summed E-state index contributed by atoms with van der Waals surface area (Å²) in [6, 6.07) is 0. The van der Waals surface area contributed by atoms with Gasteiger partial charge in [-0.05, 0) is 109 Å². The van der Waals surface area contributed by atoms with Gasteiger partial charge in [-0.2, -0.15) is 0 Å². The van der Waals surface area contributed by atoms with E-state index in [1.54, 1.807) is 5.57 Å². The van der Waals surface area contributed by atoms with Crippen LogP contribution in [0.1, 0.15) is 79.1 Å². The van der Waals surface area contributed by atoms with E-state index in [-0.39, 0.29) is 10.8 Å². The first kappa shape index (κ1) is 18.2. The van der Waals surface area contributed by atoms with Crippen molar-refractivity contribution in [3.8, 4) is 0 Å². The van der Waals surface area contributed by atoms with Crippen LogP contribution in [-0.2, 0) is 4.79 Å². The first-order chi connectivity index (χ1) is 13.2. The third-order valence-electron chi connectivity index (χ3n) is 11.0. The van der Waals surface area contributed by atoms with Crippen LogP contribution in [0.25, 0.3) is 0 Å². The number of fused-ring (bicyclic) bond motifs is 10. The van der Waals surface area contributed by atoms with Crippen LogP contribution in [-0.4, -0.2) is 16.5 Å². The van der Waals surface area contributed by atoms with Gasteiger partial charge in [-0.3, -0.25) is 4.79 Å². The van der Waals surface area contributed by atoms with E-state index in [1.807, 2.05) is 0 Å². The van der Waals surface area contributed by atoms with E-state index in [0.29, 0.717) is 23.5 Å². The lowest BCUT2D eigenvalue weighted by molar-refractivity contribution is -0.155. The van der Waals surface area contributed by atoms with Gasteiger partial charge in [-0.1, -0.05) is 33.3 Å². The van der Waals surface area contributed by atoms with Crippen molar-refractivity contribution in [3.05, 3.63) is 11.6 Å². The smallest absolute Gasteiger partial charge is 0.155 e. The fourth-order valence-corrected chi connectivity index (χ4v) is 9.49. The Hall–Kier alpha value is -0.630. The second-order valence-electron chi connectivity index (χ2n) is 12.5. The number of carbonyl (C=O) groups is 1. The van der Waals surface area contributed by atoms with E-state index in [0.717, 1.165) is 55.3 Å². The van der Waals surface area contributed by atoms with Gasteiger partial charge in [-0.25, -0.2) is 0 Å². The number of ketones is 1. The van der Waals surface area contributed by atoms with Crippen LogP contribution in [0.15, 0.2) is 11.6 Å². The maximum Gasteiger partial charge on any atom is 0.155 e. The third-order valence-corrected chi connectivity index (χ3v) is 11.0. The molecule has 28 heavy (non-hydrogen) atoms. The molecule has 0 aromatic heterocycles. The summed E-state index contributed by atoms with van der Waals surface area (Å²) in [6.07, 6.45) is 11.2. The SMILES string of the molecule is CC(C)CC[C@]1(O)[C@H]2C[C@H]2[C@H]2[C@@H]3C4CC4C4=CC(=O)CC[C@]4(C)[C@H]3CC[C@@]21C. The molecule has 2 unspecified atom stereocenters. The highest BCUT2D eigenvalue weighted by molar-refractivity contribution is 5.92. The maximum atomic E-state index is 12.2. The summed E-state index contributed by atoms with van der Waals surface area (Å²) in [5.41, 5.74) is 1.52. The molecule has 6 aliphatic carbocycles. The molecule has 0 bridgehead atoms. The highest BCUT2D eigenvalue weighted by atomic mass is 16.3. The molecule has 2 nitrogen and oxygen atoms in total. The zero-order chi connectivity index (χ0) is 19.6. The number of hydrogen-bond acceptors (Lipinski definition) is 2. The predicted octanol–water partition coefficient (Wildman–Crippen LogP) is 5.40. The fourth-order valence-electron chi connectivity index (χ4n) is 9.49. The lowest BCUT2D eigenvalue weighted by Crippen LogP contribution is -2.57. The van der Waals surface area contributed by atoms with Crippen molar-refractivity contribution in [2.75, 3.05) is 0 Å². The molecule has 6 rings (SSSR count). The number of allylic oxidation sites excluding steroid dienone is 1. The van der Waals surface area contributed by atoms with Crippen LogP contribution in [0, 0.1) is 58.2 Å². The molecular formula is C26H38O2. The van der Waals surface area contributed by atoms with E-state index >= 15 is 0 Å². The van der Waals surface area contributed by atoms with E-state index in [9.17, 15) is 9.90 Å². The van der Waals surface area contributed by atoms with Gasteiger partial charge in [-0.15, -0.1) is 0 Å². The van der Waals surface area contributed by atoms with Crippen molar-refractivity contribution in [3.63, 3.8) is 0 Å². The molecule has 1 N–H and O–H groups in total. The molecule has 0 amide bonds. The number of rotatable bonds is 3. The minimum absolute atomic E-state index is 0.131. The van der Waals surface area contributed by atoms with E-state index in [1.165, 1.54) is 25.7 Å². The standard InChI is InChI=1S/C26H38O2/c1-14(2)5-10-26(28)21-13-18(21)23-22-17-12-16(17)20-11-15(27)6-8-24(20,3)19(22)7-9-25(23,26)4/h11,14,16-19,21-23,28H,5-10,12-13H2,1-4H3/t16?,17?,18-,19+,21+,22-,23+,24-,25+,26+/m1/s1. The summed E-state index contributed by atoms with van der Waals surface area (Å²) >= 11 is 0. The fraction of sp³-hybridized carbons (Fsp3) is 0.885. The Balaban J connectivity index is 1.38. The van der Waals surface area contributed by atoms with Crippen LogP contribution < -0.4 is 0 Å². The summed E-state index contributed by atoms with van der Waals surface area (Å²) in [4.78, 5) is 12.2. The minimum atomic E-state index is -0.415. The quantitative estimate of drug-likeness (QED) is 0.710. The van der Waals surface area contributed by atoms with Gasteiger partial charge >= 0.3 is 0 Å². The molecule has 0 radical (unpaired) electrons. The van der Waals surface area contributed by atoms with Crippen molar-refractivity contribution in [1.29, 1.82) is 0 Å². The summed E-state index contributed by atoms with van der Waals surface area (Å²) in [6.45, 7) is 9.59. The van der Waals surface area contributed by atoms with Crippen molar-refractivity contribution in [2.24, 2.45) is 58.2 Å². The highest BCUT2D eigenvalue weighted by Gasteiger charge is 2.78. The second-order valence-corrected chi connectivity index (χ2v) is 12.5. The normalized spacial score (nSPS) is 58.3. The van der Waals surface area contributed by atoms with Gasteiger partial charge in [0, 0.05) is 6.42 Å². The predicted molar refractivity (Wildman–Crippen MR) is 110 cm³/mol. The summed E-state index contributed by atoms with van der Waals surface area (Å²) in [5.74, 6) is 6.22. The Bertz CT molecular complexity index is 766. The van der Waals surface area contributed by atoms with E-state index in [2.05, 4.69) is 33.8 Å². The highest BCUT2D eigenvalue weighted by Crippen LogP contribution is 2.81. The number of carbonyl (C=O) groups excluding carboxylic acids is 1.